The van der Waals surface area contributed by atoms with Gasteiger partial charge in [0.15, 0.2) is 0 Å². The Labute approximate surface area is 93.9 Å². The molecule has 4 heteroatoms. The Kier molecular flexibility index (Phi) is 4.27. The summed E-state index contributed by atoms with van der Waals surface area (Å²) < 4.78 is 13.5. The Hall–Kier alpha value is -0.900. The van der Waals surface area contributed by atoms with Crippen LogP contribution in [0.5, 0.6) is 0 Å². The van der Waals surface area contributed by atoms with Crippen molar-refractivity contribution < 1.29 is 4.39 Å². The third-order valence-electron chi connectivity index (χ3n) is 2.09. The van der Waals surface area contributed by atoms with Crippen LogP contribution in [0.4, 0.5) is 4.39 Å². The van der Waals surface area contributed by atoms with Gasteiger partial charge in [0.1, 0.15) is 5.82 Å². The molecule has 1 atom stereocenters. The highest BCUT2D eigenvalue weighted by Crippen LogP contribution is 2.24. The molecule has 0 aliphatic rings. The molecule has 82 valence electrons. The molecule has 0 aliphatic carbocycles. The Morgan fingerprint density at radius 3 is 2.80 bits per heavy atom. The van der Waals surface area contributed by atoms with Gasteiger partial charge < -0.3 is 0 Å². The first-order valence-corrected chi connectivity index (χ1v) is 4.98. The van der Waals surface area contributed by atoms with Crippen molar-refractivity contribution in [2.75, 3.05) is 0 Å². The monoisotopic (exact) mass is 228 g/mol. The minimum atomic E-state index is -0.355. The fourth-order valence-electron chi connectivity index (χ4n) is 1.39. The number of hydrogen-bond acceptors (Lipinski definition) is 2. The van der Waals surface area contributed by atoms with Gasteiger partial charge in [0.2, 0.25) is 0 Å². The van der Waals surface area contributed by atoms with Gasteiger partial charge in [-0.25, -0.2) is 4.39 Å². The van der Waals surface area contributed by atoms with Gasteiger partial charge in [0.25, 0.3) is 0 Å². The topological polar surface area (TPSA) is 38.0 Å². The van der Waals surface area contributed by atoms with Gasteiger partial charge in [-0.05, 0) is 25.5 Å². The van der Waals surface area contributed by atoms with Crippen LogP contribution >= 0.6 is 11.6 Å². The molecular weight excluding hydrogens is 215 g/mol. The number of hydrazine groups is 1. The lowest BCUT2D eigenvalue weighted by Crippen LogP contribution is -2.28. The van der Waals surface area contributed by atoms with Crippen molar-refractivity contribution in [2.24, 2.45) is 5.84 Å². The zero-order chi connectivity index (χ0) is 11.4. The lowest BCUT2D eigenvalue weighted by molar-refractivity contribution is 0.509. The predicted octanol–water partition coefficient (Wildman–Crippen LogP) is 2.95. The highest BCUT2D eigenvalue weighted by molar-refractivity contribution is 6.30. The summed E-state index contributed by atoms with van der Waals surface area (Å²) in [4.78, 5) is 0. The number of benzene rings is 1. The maximum atomic E-state index is 13.5. The van der Waals surface area contributed by atoms with E-state index in [1.807, 2.05) is 6.92 Å². The van der Waals surface area contributed by atoms with Gasteiger partial charge in [-0.3, -0.25) is 11.3 Å². The first kappa shape index (κ1) is 12.2. The van der Waals surface area contributed by atoms with E-state index >= 15 is 0 Å². The molecule has 0 amide bonds. The van der Waals surface area contributed by atoms with Crippen LogP contribution in [-0.4, -0.2) is 0 Å². The lowest BCUT2D eigenvalue weighted by Gasteiger charge is -2.17. The molecule has 0 saturated carbocycles. The Morgan fingerprint density at radius 1 is 1.67 bits per heavy atom. The van der Waals surface area contributed by atoms with Crippen LogP contribution in [0.2, 0.25) is 5.02 Å². The van der Waals surface area contributed by atoms with E-state index in [4.69, 9.17) is 17.4 Å². The van der Waals surface area contributed by atoms with E-state index < -0.39 is 0 Å². The van der Waals surface area contributed by atoms with Crippen LogP contribution < -0.4 is 11.3 Å². The predicted molar refractivity (Wildman–Crippen MR) is 60.9 cm³/mol. The van der Waals surface area contributed by atoms with E-state index in [0.29, 0.717) is 17.0 Å². The molecule has 1 aromatic rings. The number of nitrogens with two attached hydrogens (primary N) is 1. The fourth-order valence-corrected chi connectivity index (χ4v) is 1.55. The van der Waals surface area contributed by atoms with Crippen molar-refractivity contribution in [3.05, 3.63) is 46.8 Å². The maximum Gasteiger partial charge on any atom is 0.129 e. The normalized spacial score (nSPS) is 12.5. The van der Waals surface area contributed by atoms with Crippen LogP contribution in [0.1, 0.15) is 24.9 Å². The summed E-state index contributed by atoms with van der Waals surface area (Å²) in [6, 6.07) is 4.29. The molecule has 0 aliphatic heterocycles. The second-order valence-electron chi connectivity index (χ2n) is 3.55. The third kappa shape index (κ3) is 3.30. The van der Waals surface area contributed by atoms with Crippen LogP contribution in [0, 0.1) is 5.82 Å². The van der Waals surface area contributed by atoms with Crippen molar-refractivity contribution in [1.82, 2.24) is 5.43 Å². The zero-order valence-corrected chi connectivity index (χ0v) is 9.31. The van der Waals surface area contributed by atoms with Crippen molar-refractivity contribution >= 4 is 11.6 Å². The van der Waals surface area contributed by atoms with Crippen LogP contribution in [0.15, 0.2) is 30.4 Å². The summed E-state index contributed by atoms with van der Waals surface area (Å²) in [6.45, 7) is 5.64. The smallest absolute Gasteiger partial charge is 0.129 e. The summed E-state index contributed by atoms with van der Waals surface area (Å²) in [5, 5.41) is 0.377. The van der Waals surface area contributed by atoms with E-state index in [1.54, 1.807) is 12.1 Å². The van der Waals surface area contributed by atoms with Crippen molar-refractivity contribution in [3.63, 3.8) is 0 Å². The number of nitrogens with one attached hydrogen (secondary N) is 1. The highest BCUT2D eigenvalue weighted by atomic mass is 35.5. The minimum absolute atomic E-state index is 0.264. The fraction of sp³-hybridized carbons (Fsp3) is 0.273. The SMILES string of the molecule is C=C(C)CC(NN)c1ccc(Cl)cc1F. The first-order chi connectivity index (χ1) is 7.04. The second kappa shape index (κ2) is 5.26. The molecular formula is C11H14ClFN2. The molecule has 0 radical (unpaired) electrons. The summed E-state index contributed by atoms with van der Waals surface area (Å²) in [6.07, 6.45) is 0.592. The molecule has 2 nitrogen and oxygen atoms in total. The number of rotatable bonds is 4. The number of halogens is 2. The van der Waals surface area contributed by atoms with E-state index in [0.717, 1.165) is 5.57 Å². The van der Waals surface area contributed by atoms with E-state index in [9.17, 15) is 4.39 Å². The van der Waals surface area contributed by atoms with E-state index in [1.165, 1.54) is 6.07 Å². The molecule has 0 spiro atoms. The Bertz CT molecular complexity index is 366. The van der Waals surface area contributed by atoms with Crippen LogP contribution in [-0.2, 0) is 0 Å². The standard InChI is InChI=1S/C11H14ClFN2/c1-7(2)5-11(15-14)9-4-3-8(12)6-10(9)13/h3-4,6,11,15H,1,5,14H2,2H3. The molecule has 0 saturated heterocycles. The molecule has 1 rings (SSSR count). The average Bonchev–Trinajstić information content (AvgIpc) is 2.14. The van der Waals surface area contributed by atoms with Crippen molar-refractivity contribution in [2.45, 2.75) is 19.4 Å². The quantitative estimate of drug-likeness (QED) is 0.473. The van der Waals surface area contributed by atoms with Gasteiger partial charge in [0.05, 0.1) is 6.04 Å². The lowest BCUT2D eigenvalue weighted by atomic mass is 10.0. The average molecular weight is 229 g/mol. The zero-order valence-electron chi connectivity index (χ0n) is 8.56. The van der Waals surface area contributed by atoms with Gasteiger partial charge >= 0.3 is 0 Å². The summed E-state index contributed by atoms with van der Waals surface area (Å²) >= 11 is 5.66. The summed E-state index contributed by atoms with van der Waals surface area (Å²) in [7, 11) is 0. The van der Waals surface area contributed by atoms with Crippen LogP contribution in [0.25, 0.3) is 0 Å². The summed E-state index contributed by atoms with van der Waals surface area (Å²) in [5.74, 6) is 5.01. The Morgan fingerprint density at radius 2 is 2.33 bits per heavy atom. The van der Waals surface area contributed by atoms with Gasteiger partial charge in [-0.2, -0.15) is 0 Å². The molecule has 15 heavy (non-hydrogen) atoms. The third-order valence-corrected chi connectivity index (χ3v) is 2.33. The molecule has 3 N–H and O–H groups in total. The maximum absolute atomic E-state index is 13.5. The van der Waals surface area contributed by atoms with E-state index in [-0.39, 0.29) is 11.9 Å². The molecule has 0 bridgehead atoms. The minimum Gasteiger partial charge on any atom is -0.271 e. The molecule has 0 heterocycles. The van der Waals surface area contributed by atoms with E-state index in [2.05, 4.69) is 12.0 Å². The highest BCUT2D eigenvalue weighted by Gasteiger charge is 2.14. The van der Waals surface area contributed by atoms with Gasteiger partial charge in [0, 0.05) is 10.6 Å². The number of hydrogen-bond donors (Lipinski definition) is 2. The largest absolute Gasteiger partial charge is 0.271 e. The Balaban J connectivity index is 2.96. The molecule has 1 aromatic carbocycles. The van der Waals surface area contributed by atoms with Crippen molar-refractivity contribution in [1.29, 1.82) is 0 Å². The summed E-state index contributed by atoms with van der Waals surface area (Å²) in [5.41, 5.74) is 4.01. The first-order valence-electron chi connectivity index (χ1n) is 4.60. The second-order valence-corrected chi connectivity index (χ2v) is 3.98. The molecule has 0 fully saturated rings. The van der Waals surface area contributed by atoms with Gasteiger partial charge in [-0.1, -0.05) is 23.2 Å². The van der Waals surface area contributed by atoms with Crippen molar-refractivity contribution in [3.8, 4) is 0 Å². The molecule has 0 aromatic heterocycles. The van der Waals surface area contributed by atoms with Crippen LogP contribution in [0.3, 0.4) is 0 Å². The van der Waals surface area contributed by atoms with Gasteiger partial charge in [-0.15, -0.1) is 6.58 Å². The molecule has 1 unspecified atom stereocenters.